The van der Waals surface area contributed by atoms with Crippen LogP contribution in [0, 0.1) is 0 Å². The molecule has 1 unspecified atom stereocenters. The summed E-state index contributed by atoms with van der Waals surface area (Å²) in [4.78, 5) is 0. The highest BCUT2D eigenvalue weighted by Gasteiger charge is 2.14. The van der Waals surface area contributed by atoms with Gasteiger partial charge in [0.1, 0.15) is 0 Å². The quantitative estimate of drug-likeness (QED) is 0.748. The second-order valence-electron chi connectivity index (χ2n) is 4.14. The number of hydrogen-bond donors (Lipinski definition) is 1. The van der Waals surface area contributed by atoms with E-state index < -0.39 is 0 Å². The van der Waals surface area contributed by atoms with Gasteiger partial charge in [-0.25, -0.2) is 0 Å². The summed E-state index contributed by atoms with van der Waals surface area (Å²) >= 11 is 7.13. The Hall–Kier alpha value is 0.130. The van der Waals surface area contributed by atoms with Crippen LogP contribution >= 0.6 is 31.9 Å². The molecule has 0 aliphatic heterocycles. The Morgan fingerprint density at radius 3 is 2.65 bits per heavy atom. The summed E-state index contributed by atoms with van der Waals surface area (Å²) in [7, 11) is 0. The molecule has 17 heavy (non-hydrogen) atoms. The van der Waals surface area contributed by atoms with Crippen molar-refractivity contribution in [3.8, 4) is 0 Å². The van der Waals surface area contributed by atoms with Crippen molar-refractivity contribution in [2.75, 3.05) is 5.33 Å². The molecule has 0 aromatic carbocycles. The first kappa shape index (κ1) is 15.2. The number of halogens is 2. The van der Waals surface area contributed by atoms with E-state index in [0.29, 0.717) is 6.04 Å². The zero-order chi connectivity index (χ0) is 12.8. The molecule has 0 radical (unpaired) electrons. The maximum Gasteiger partial charge on any atom is 0.0767 e. The smallest absolute Gasteiger partial charge is 0.0767 e. The lowest BCUT2D eigenvalue weighted by molar-refractivity contribution is 0.508. The lowest BCUT2D eigenvalue weighted by atomic mass is 10.2. The Morgan fingerprint density at radius 1 is 1.41 bits per heavy atom. The van der Waals surface area contributed by atoms with Crippen LogP contribution in [0.15, 0.2) is 4.47 Å². The molecule has 98 valence electrons. The van der Waals surface area contributed by atoms with Crippen molar-refractivity contribution in [1.82, 2.24) is 15.1 Å². The summed E-state index contributed by atoms with van der Waals surface area (Å²) in [6, 6.07) is 0.520. The summed E-state index contributed by atoms with van der Waals surface area (Å²) in [5.41, 5.74) is 2.41. The topological polar surface area (TPSA) is 29.9 Å². The van der Waals surface area contributed by atoms with Crippen LogP contribution < -0.4 is 5.32 Å². The van der Waals surface area contributed by atoms with Gasteiger partial charge in [-0.1, -0.05) is 22.9 Å². The highest BCUT2D eigenvalue weighted by atomic mass is 79.9. The van der Waals surface area contributed by atoms with E-state index in [4.69, 9.17) is 0 Å². The van der Waals surface area contributed by atoms with E-state index in [-0.39, 0.29) is 0 Å². The van der Waals surface area contributed by atoms with Crippen molar-refractivity contribution < 1.29 is 0 Å². The fourth-order valence-electron chi connectivity index (χ4n) is 1.72. The van der Waals surface area contributed by atoms with Crippen LogP contribution in [0.2, 0.25) is 0 Å². The summed E-state index contributed by atoms with van der Waals surface area (Å²) in [5, 5.41) is 9.16. The molecule has 0 bridgehead atoms. The van der Waals surface area contributed by atoms with Gasteiger partial charge >= 0.3 is 0 Å². The molecule has 0 aliphatic rings. The van der Waals surface area contributed by atoms with Gasteiger partial charge in [-0.15, -0.1) is 0 Å². The number of hydrogen-bond acceptors (Lipinski definition) is 2. The van der Waals surface area contributed by atoms with Crippen LogP contribution in [0.1, 0.15) is 38.6 Å². The van der Waals surface area contributed by atoms with Gasteiger partial charge in [0.25, 0.3) is 0 Å². The Balaban J connectivity index is 2.72. The summed E-state index contributed by atoms with van der Waals surface area (Å²) in [6.07, 6.45) is 2.11. The van der Waals surface area contributed by atoms with Gasteiger partial charge in [0, 0.05) is 24.5 Å². The van der Waals surface area contributed by atoms with Crippen LogP contribution in [-0.2, 0) is 19.5 Å². The number of rotatable bonds is 7. The van der Waals surface area contributed by atoms with E-state index in [1.807, 2.05) is 0 Å². The highest BCUT2D eigenvalue weighted by Crippen LogP contribution is 2.22. The van der Waals surface area contributed by atoms with Crippen molar-refractivity contribution >= 4 is 31.9 Å². The number of aryl methyl sites for hydroxylation is 2. The monoisotopic (exact) mass is 365 g/mol. The molecular weight excluding hydrogens is 346 g/mol. The SMILES string of the molecule is CCc1nn(CC)c(CNC(C)CCBr)c1Br. The lowest BCUT2D eigenvalue weighted by Gasteiger charge is -2.13. The van der Waals surface area contributed by atoms with E-state index in [9.17, 15) is 0 Å². The molecule has 3 nitrogen and oxygen atoms in total. The largest absolute Gasteiger partial charge is 0.309 e. The molecule has 1 rings (SSSR count). The zero-order valence-corrected chi connectivity index (χ0v) is 13.9. The van der Waals surface area contributed by atoms with Gasteiger partial charge in [-0.05, 0) is 42.6 Å². The normalized spacial score (nSPS) is 13.0. The van der Waals surface area contributed by atoms with Crippen LogP contribution in [-0.4, -0.2) is 21.2 Å². The fraction of sp³-hybridized carbons (Fsp3) is 0.750. The van der Waals surface area contributed by atoms with Crippen LogP contribution in [0.4, 0.5) is 0 Å². The van der Waals surface area contributed by atoms with E-state index in [1.54, 1.807) is 0 Å². The van der Waals surface area contributed by atoms with Crippen molar-refractivity contribution in [2.45, 2.75) is 52.7 Å². The Bertz CT molecular complexity index is 350. The third kappa shape index (κ3) is 4.07. The maximum atomic E-state index is 4.59. The minimum Gasteiger partial charge on any atom is -0.309 e. The predicted octanol–water partition coefficient (Wildman–Crippen LogP) is 3.49. The van der Waals surface area contributed by atoms with Crippen LogP contribution in [0.3, 0.4) is 0 Å². The minimum atomic E-state index is 0.520. The number of alkyl halides is 1. The third-order valence-electron chi connectivity index (χ3n) is 2.85. The van der Waals surface area contributed by atoms with Gasteiger partial charge in [-0.2, -0.15) is 5.10 Å². The van der Waals surface area contributed by atoms with Gasteiger partial charge in [0.05, 0.1) is 15.9 Å². The summed E-state index contributed by atoms with van der Waals surface area (Å²) < 4.78 is 3.25. The molecule has 0 aliphatic carbocycles. The highest BCUT2D eigenvalue weighted by molar-refractivity contribution is 9.10. The molecule has 0 spiro atoms. The van der Waals surface area contributed by atoms with E-state index in [2.05, 4.69) is 67.7 Å². The molecule has 1 aromatic heterocycles. The van der Waals surface area contributed by atoms with E-state index >= 15 is 0 Å². The van der Waals surface area contributed by atoms with Crippen molar-refractivity contribution in [1.29, 1.82) is 0 Å². The van der Waals surface area contributed by atoms with Crippen LogP contribution in [0.25, 0.3) is 0 Å². The molecule has 1 N–H and O–H groups in total. The Morgan fingerprint density at radius 2 is 2.12 bits per heavy atom. The average Bonchev–Trinajstić information content (AvgIpc) is 2.63. The molecule has 5 heteroatoms. The summed E-state index contributed by atoms with van der Waals surface area (Å²) in [5.74, 6) is 0. The van der Waals surface area contributed by atoms with Gasteiger partial charge in [0.15, 0.2) is 0 Å². The lowest BCUT2D eigenvalue weighted by Crippen LogP contribution is -2.27. The molecule has 1 heterocycles. The molecule has 1 aromatic rings. The standard InChI is InChI=1S/C12H21Br2N3/c1-4-10-12(14)11(17(5-2)16-10)8-15-9(3)6-7-13/h9,15H,4-8H2,1-3H3. The van der Waals surface area contributed by atoms with E-state index in [0.717, 1.165) is 37.0 Å². The predicted molar refractivity (Wildman–Crippen MR) is 79.7 cm³/mol. The average molecular weight is 367 g/mol. The fourth-order valence-corrected chi connectivity index (χ4v) is 3.11. The van der Waals surface area contributed by atoms with Crippen molar-refractivity contribution in [2.24, 2.45) is 0 Å². The van der Waals surface area contributed by atoms with Gasteiger partial charge < -0.3 is 5.32 Å². The third-order valence-corrected chi connectivity index (χ3v) is 4.23. The van der Waals surface area contributed by atoms with Gasteiger partial charge in [-0.3, -0.25) is 4.68 Å². The maximum absolute atomic E-state index is 4.59. The number of aromatic nitrogens is 2. The Kier molecular flexibility index (Phi) is 6.74. The molecule has 0 amide bonds. The van der Waals surface area contributed by atoms with E-state index in [1.165, 1.54) is 10.2 Å². The van der Waals surface area contributed by atoms with Crippen LogP contribution in [0.5, 0.6) is 0 Å². The second-order valence-corrected chi connectivity index (χ2v) is 5.72. The first-order valence-corrected chi connectivity index (χ1v) is 8.08. The zero-order valence-electron chi connectivity index (χ0n) is 10.8. The number of nitrogens with one attached hydrogen (secondary N) is 1. The van der Waals surface area contributed by atoms with Crippen molar-refractivity contribution in [3.05, 3.63) is 15.9 Å². The molecule has 0 fully saturated rings. The second kappa shape index (κ2) is 7.54. The first-order valence-electron chi connectivity index (χ1n) is 6.17. The van der Waals surface area contributed by atoms with Gasteiger partial charge in [0.2, 0.25) is 0 Å². The molecular formula is C12H21Br2N3. The molecule has 1 atom stereocenters. The summed E-state index contributed by atoms with van der Waals surface area (Å²) in [6.45, 7) is 8.27. The number of nitrogens with zero attached hydrogens (tertiary/aromatic N) is 2. The minimum absolute atomic E-state index is 0.520. The molecule has 0 saturated carbocycles. The first-order chi connectivity index (χ1) is 8.13. The van der Waals surface area contributed by atoms with Crippen molar-refractivity contribution in [3.63, 3.8) is 0 Å². The molecule has 0 saturated heterocycles. The Labute approximate surface area is 121 Å².